The molecule has 3 rings (SSSR count). The minimum atomic E-state index is -0.279. The number of urea groups is 1. The first-order valence-corrected chi connectivity index (χ1v) is 8.18. The quantitative estimate of drug-likeness (QED) is 0.906. The van der Waals surface area contributed by atoms with Gasteiger partial charge < -0.3 is 15.5 Å². The van der Waals surface area contributed by atoms with Crippen LogP contribution in [0.2, 0.25) is 0 Å². The van der Waals surface area contributed by atoms with E-state index < -0.39 is 0 Å². The fourth-order valence-electron chi connectivity index (χ4n) is 2.89. The number of amides is 3. The number of hydrogen-bond acceptors (Lipinski definition) is 2. The molecule has 0 atom stereocenters. The SMILES string of the molecule is CCC(=O)N1CCc2ccc(NC(=O)Nc3ccccc3)cc2C1. The van der Waals surface area contributed by atoms with Gasteiger partial charge in [0.2, 0.25) is 5.91 Å². The van der Waals surface area contributed by atoms with Crippen molar-refractivity contribution in [3.05, 3.63) is 59.7 Å². The van der Waals surface area contributed by atoms with Gasteiger partial charge in [-0.1, -0.05) is 31.2 Å². The summed E-state index contributed by atoms with van der Waals surface area (Å²) in [4.78, 5) is 25.8. The minimum absolute atomic E-state index is 0.167. The van der Waals surface area contributed by atoms with Gasteiger partial charge in [0.25, 0.3) is 0 Å². The van der Waals surface area contributed by atoms with Crippen LogP contribution >= 0.6 is 0 Å². The zero-order valence-corrected chi connectivity index (χ0v) is 13.7. The van der Waals surface area contributed by atoms with Crippen molar-refractivity contribution < 1.29 is 9.59 Å². The van der Waals surface area contributed by atoms with E-state index in [-0.39, 0.29) is 11.9 Å². The maximum absolute atomic E-state index is 12.1. The van der Waals surface area contributed by atoms with Gasteiger partial charge in [0.15, 0.2) is 0 Å². The van der Waals surface area contributed by atoms with Crippen molar-refractivity contribution in [1.82, 2.24) is 4.90 Å². The van der Waals surface area contributed by atoms with Crippen LogP contribution in [0, 0.1) is 0 Å². The van der Waals surface area contributed by atoms with E-state index in [0.717, 1.165) is 29.9 Å². The fraction of sp³-hybridized carbons (Fsp3) is 0.263. The number of benzene rings is 2. The second-order valence-corrected chi connectivity index (χ2v) is 5.85. The average Bonchev–Trinajstić information content (AvgIpc) is 2.61. The Balaban J connectivity index is 1.67. The zero-order chi connectivity index (χ0) is 16.9. The molecular formula is C19H21N3O2. The molecule has 1 aliphatic heterocycles. The van der Waals surface area contributed by atoms with Gasteiger partial charge in [-0.05, 0) is 41.8 Å². The lowest BCUT2D eigenvalue weighted by molar-refractivity contribution is -0.131. The Labute approximate surface area is 141 Å². The Morgan fingerprint density at radius 3 is 2.50 bits per heavy atom. The second-order valence-electron chi connectivity index (χ2n) is 5.85. The molecule has 1 heterocycles. The lowest BCUT2D eigenvalue weighted by Gasteiger charge is -2.29. The number of carbonyl (C=O) groups is 2. The zero-order valence-electron chi connectivity index (χ0n) is 13.7. The van der Waals surface area contributed by atoms with Gasteiger partial charge in [0.1, 0.15) is 0 Å². The number of fused-ring (bicyclic) bond motifs is 1. The normalized spacial score (nSPS) is 13.1. The number of nitrogens with one attached hydrogen (secondary N) is 2. The van der Waals surface area contributed by atoms with Crippen LogP contribution in [0.25, 0.3) is 0 Å². The molecule has 0 spiro atoms. The number of para-hydroxylation sites is 1. The summed E-state index contributed by atoms with van der Waals surface area (Å²) in [6.45, 7) is 3.25. The molecule has 0 fully saturated rings. The molecule has 2 N–H and O–H groups in total. The van der Waals surface area contributed by atoms with Gasteiger partial charge in [-0.25, -0.2) is 4.79 Å². The number of anilines is 2. The smallest absolute Gasteiger partial charge is 0.323 e. The molecule has 5 heteroatoms. The molecule has 3 amide bonds. The Hall–Kier alpha value is -2.82. The Bertz CT molecular complexity index is 744. The van der Waals surface area contributed by atoms with Gasteiger partial charge in [-0.15, -0.1) is 0 Å². The third-order valence-electron chi connectivity index (χ3n) is 4.16. The lowest BCUT2D eigenvalue weighted by Crippen LogP contribution is -2.35. The number of hydrogen-bond donors (Lipinski definition) is 2. The predicted molar refractivity (Wildman–Crippen MR) is 94.9 cm³/mol. The van der Waals surface area contributed by atoms with Crippen LogP contribution in [0.1, 0.15) is 24.5 Å². The molecule has 2 aromatic carbocycles. The van der Waals surface area contributed by atoms with Gasteiger partial charge in [0, 0.05) is 30.9 Å². The lowest BCUT2D eigenvalue weighted by atomic mass is 9.99. The van der Waals surface area contributed by atoms with E-state index in [9.17, 15) is 9.59 Å². The molecular weight excluding hydrogens is 302 g/mol. The van der Waals surface area contributed by atoms with Gasteiger partial charge in [0.05, 0.1) is 0 Å². The molecule has 0 saturated carbocycles. The highest BCUT2D eigenvalue weighted by molar-refractivity contribution is 5.99. The van der Waals surface area contributed by atoms with E-state index in [1.165, 1.54) is 5.56 Å². The first kappa shape index (κ1) is 16.1. The van der Waals surface area contributed by atoms with Crippen LogP contribution in [-0.2, 0) is 17.8 Å². The summed E-state index contributed by atoms with van der Waals surface area (Å²) >= 11 is 0. The average molecular weight is 323 g/mol. The summed E-state index contributed by atoms with van der Waals surface area (Å²) in [5.41, 5.74) is 3.81. The molecule has 1 aliphatic rings. The van der Waals surface area contributed by atoms with E-state index in [2.05, 4.69) is 10.6 Å². The summed E-state index contributed by atoms with van der Waals surface area (Å²) in [5, 5.41) is 5.64. The third-order valence-corrected chi connectivity index (χ3v) is 4.16. The van der Waals surface area contributed by atoms with E-state index in [1.54, 1.807) is 0 Å². The monoisotopic (exact) mass is 323 g/mol. The summed E-state index contributed by atoms with van der Waals surface area (Å²) in [6, 6.07) is 14.9. The van der Waals surface area contributed by atoms with Crippen molar-refractivity contribution in [3.63, 3.8) is 0 Å². The summed E-state index contributed by atoms with van der Waals surface area (Å²) < 4.78 is 0. The van der Waals surface area contributed by atoms with Crippen LogP contribution in [0.4, 0.5) is 16.2 Å². The minimum Gasteiger partial charge on any atom is -0.338 e. The first-order chi connectivity index (χ1) is 11.7. The van der Waals surface area contributed by atoms with Gasteiger partial charge >= 0.3 is 6.03 Å². The molecule has 0 unspecified atom stereocenters. The number of carbonyl (C=O) groups excluding carboxylic acids is 2. The predicted octanol–water partition coefficient (Wildman–Crippen LogP) is 3.63. The molecule has 0 saturated heterocycles. The summed E-state index contributed by atoms with van der Waals surface area (Å²) in [6.07, 6.45) is 1.38. The molecule has 0 aromatic heterocycles. The second kappa shape index (κ2) is 7.17. The Morgan fingerprint density at radius 2 is 1.75 bits per heavy atom. The van der Waals surface area contributed by atoms with Crippen LogP contribution in [0.3, 0.4) is 0 Å². The van der Waals surface area contributed by atoms with Crippen molar-refractivity contribution in [2.24, 2.45) is 0 Å². The van der Waals surface area contributed by atoms with Crippen LogP contribution in [0.15, 0.2) is 48.5 Å². The molecule has 124 valence electrons. The highest BCUT2D eigenvalue weighted by atomic mass is 16.2. The van der Waals surface area contributed by atoms with Gasteiger partial charge in [-0.2, -0.15) is 0 Å². The van der Waals surface area contributed by atoms with Crippen LogP contribution in [-0.4, -0.2) is 23.4 Å². The molecule has 5 nitrogen and oxygen atoms in total. The van der Waals surface area contributed by atoms with E-state index in [1.807, 2.05) is 60.4 Å². The van der Waals surface area contributed by atoms with E-state index in [4.69, 9.17) is 0 Å². The highest BCUT2D eigenvalue weighted by Gasteiger charge is 2.19. The summed E-state index contributed by atoms with van der Waals surface area (Å²) in [5.74, 6) is 0.167. The molecule has 24 heavy (non-hydrogen) atoms. The van der Waals surface area contributed by atoms with Crippen molar-refractivity contribution in [3.8, 4) is 0 Å². The van der Waals surface area contributed by atoms with Crippen molar-refractivity contribution in [2.75, 3.05) is 17.2 Å². The van der Waals surface area contributed by atoms with E-state index in [0.29, 0.717) is 13.0 Å². The Kier molecular flexibility index (Phi) is 4.79. The standard InChI is InChI=1S/C19H21N3O2/c1-2-18(23)22-11-10-14-8-9-17(12-15(14)13-22)21-19(24)20-16-6-4-3-5-7-16/h3-9,12H,2,10-11,13H2,1H3,(H2,20,21,24). The first-order valence-electron chi connectivity index (χ1n) is 8.18. The topological polar surface area (TPSA) is 61.4 Å². The molecule has 0 radical (unpaired) electrons. The van der Waals surface area contributed by atoms with Crippen molar-refractivity contribution in [2.45, 2.75) is 26.3 Å². The van der Waals surface area contributed by atoms with Crippen LogP contribution < -0.4 is 10.6 Å². The van der Waals surface area contributed by atoms with Gasteiger partial charge in [-0.3, -0.25) is 4.79 Å². The summed E-state index contributed by atoms with van der Waals surface area (Å²) in [7, 11) is 0. The van der Waals surface area contributed by atoms with Crippen molar-refractivity contribution in [1.29, 1.82) is 0 Å². The Morgan fingerprint density at radius 1 is 1.00 bits per heavy atom. The highest BCUT2D eigenvalue weighted by Crippen LogP contribution is 2.23. The molecule has 0 bridgehead atoms. The largest absolute Gasteiger partial charge is 0.338 e. The third kappa shape index (κ3) is 3.74. The van der Waals surface area contributed by atoms with Crippen LogP contribution in [0.5, 0.6) is 0 Å². The number of nitrogens with zero attached hydrogens (tertiary/aromatic N) is 1. The fourth-order valence-corrected chi connectivity index (χ4v) is 2.89. The van der Waals surface area contributed by atoms with Crippen molar-refractivity contribution >= 4 is 23.3 Å². The maximum Gasteiger partial charge on any atom is 0.323 e. The number of rotatable bonds is 3. The molecule has 0 aliphatic carbocycles. The maximum atomic E-state index is 12.1. The molecule has 2 aromatic rings. The van der Waals surface area contributed by atoms with E-state index >= 15 is 0 Å².